The summed E-state index contributed by atoms with van der Waals surface area (Å²) in [4.78, 5) is 10.8. The van der Waals surface area contributed by atoms with E-state index in [4.69, 9.17) is 11.6 Å². The van der Waals surface area contributed by atoms with Gasteiger partial charge in [-0.15, -0.1) is 0 Å². The van der Waals surface area contributed by atoms with E-state index in [0.29, 0.717) is 5.56 Å². The molecule has 12 heavy (non-hydrogen) atoms. The molecule has 0 saturated carbocycles. The average molecular weight is 183 g/mol. The van der Waals surface area contributed by atoms with Crippen LogP contribution in [0.15, 0.2) is 18.2 Å². The summed E-state index contributed by atoms with van der Waals surface area (Å²) < 4.78 is 0. The summed E-state index contributed by atoms with van der Waals surface area (Å²) in [5.41, 5.74) is 2.97. The molecular weight excluding hydrogens is 172 g/mol. The largest absolute Gasteiger partial charge is 0.276 e. The van der Waals surface area contributed by atoms with Crippen molar-refractivity contribution in [2.24, 2.45) is 0 Å². The highest BCUT2D eigenvalue weighted by Gasteiger charge is 2.03. The fourth-order valence-electron chi connectivity index (χ4n) is 1.17. The van der Waals surface area contributed by atoms with Crippen LogP contribution in [0.2, 0.25) is 0 Å². The summed E-state index contributed by atoms with van der Waals surface area (Å²) in [5, 5.41) is -0.385. The van der Waals surface area contributed by atoms with E-state index in [1.54, 1.807) is 6.07 Å². The maximum atomic E-state index is 10.8. The molecule has 0 atom stereocenters. The second-order valence-corrected chi connectivity index (χ2v) is 3.11. The van der Waals surface area contributed by atoms with E-state index >= 15 is 0 Å². The van der Waals surface area contributed by atoms with Crippen molar-refractivity contribution in [1.29, 1.82) is 0 Å². The molecule has 0 aliphatic rings. The summed E-state index contributed by atoms with van der Waals surface area (Å²) in [6.07, 6.45) is 0.934. The Bertz CT molecular complexity index is 305. The predicted octanol–water partition coefficient (Wildman–Crippen LogP) is 2.94. The number of hydrogen-bond acceptors (Lipinski definition) is 1. The molecule has 0 saturated heterocycles. The van der Waals surface area contributed by atoms with Gasteiger partial charge in [0.05, 0.1) is 0 Å². The van der Waals surface area contributed by atoms with E-state index in [9.17, 15) is 4.79 Å². The molecule has 0 N–H and O–H groups in total. The predicted molar refractivity (Wildman–Crippen MR) is 50.7 cm³/mol. The van der Waals surface area contributed by atoms with E-state index in [1.165, 1.54) is 11.1 Å². The smallest absolute Gasteiger partial charge is 0.252 e. The summed E-state index contributed by atoms with van der Waals surface area (Å²) in [7, 11) is 0. The van der Waals surface area contributed by atoms with Crippen LogP contribution in [-0.2, 0) is 6.42 Å². The van der Waals surface area contributed by atoms with Gasteiger partial charge in [0.25, 0.3) is 5.24 Å². The number of hydrogen-bond donors (Lipinski definition) is 0. The normalized spacial score (nSPS) is 9.92. The van der Waals surface area contributed by atoms with Crippen LogP contribution < -0.4 is 0 Å². The van der Waals surface area contributed by atoms with Crippen LogP contribution in [0.4, 0.5) is 0 Å². The van der Waals surface area contributed by atoms with Crippen molar-refractivity contribution < 1.29 is 4.79 Å². The zero-order chi connectivity index (χ0) is 9.14. The molecule has 0 radical (unpaired) electrons. The van der Waals surface area contributed by atoms with Gasteiger partial charge in [0, 0.05) is 5.56 Å². The Morgan fingerprint density at radius 3 is 2.67 bits per heavy atom. The van der Waals surface area contributed by atoms with Crippen LogP contribution in [0, 0.1) is 6.92 Å². The summed E-state index contributed by atoms with van der Waals surface area (Å²) >= 11 is 5.35. The van der Waals surface area contributed by atoms with Crippen LogP contribution >= 0.6 is 11.6 Å². The standard InChI is InChI=1S/C10H11ClO/c1-3-8-6-9(10(11)12)5-4-7(8)2/h4-6H,3H2,1-2H3. The second kappa shape index (κ2) is 3.72. The Morgan fingerprint density at radius 2 is 2.17 bits per heavy atom. The van der Waals surface area contributed by atoms with Gasteiger partial charge in [-0.05, 0) is 48.2 Å². The minimum Gasteiger partial charge on any atom is -0.276 e. The van der Waals surface area contributed by atoms with Gasteiger partial charge < -0.3 is 0 Å². The molecule has 0 amide bonds. The van der Waals surface area contributed by atoms with Gasteiger partial charge in [0.15, 0.2) is 0 Å². The lowest BCUT2D eigenvalue weighted by Crippen LogP contribution is -1.93. The van der Waals surface area contributed by atoms with Crippen molar-refractivity contribution >= 4 is 16.8 Å². The summed E-state index contributed by atoms with van der Waals surface area (Å²) in [6, 6.07) is 5.53. The molecule has 1 aromatic carbocycles. The first-order valence-corrected chi connectivity index (χ1v) is 4.32. The van der Waals surface area contributed by atoms with Crippen molar-refractivity contribution in [2.45, 2.75) is 20.3 Å². The molecule has 0 aromatic heterocycles. The third-order valence-corrected chi connectivity index (χ3v) is 2.18. The van der Waals surface area contributed by atoms with Gasteiger partial charge in [-0.1, -0.05) is 13.0 Å². The van der Waals surface area contributed by atoms with Crippen molar-refractivity contribution in [3.05, 3.63) is 34.9 Å². The third kappa shape index (κ3) is 1.86. The zero-order valence-corrected chi connectivity index (χ0v) is 7.98. The summed E-state index contributed by atoms with van der Waals surface area (Å²) in [6.45, 7) is 4.09. The Hall–Kier alpha value is -0.820. The highest BCUT2D eigenvalue weighted by Crippen LogP contribution is 2.13. The number of halogens is 1. The molecule has 2 heteroatoms. The van der Waals surface area contributed by atoms with Crippen molar-refractivity contribution in [2.75, 3.05) is 0 Å². The molecule has 64 valence electrons. The van der Waals surface area contributed by atoms with Gasteiger partial charge in [-0.3, -0.25) is 4.79 Å². The number of carbonyl (C=O) groups is 1. The first-order valence-electron chi connectivity index (χ1n) is 3.94. The first kappa shape index (κ1) is 9.27. The highest BCUT2D eigenvalue weighted by atomic mass is 35.5. The minimum absolute atomic E-state index is 0.385. The van der Waals surface area contributed by atoms with Crippen LogP contribution in [-0.4, -0.2) is 5.24 Å². The lowest BCUT2D eigenvalue weighted by molar-refractivity contribution is 0.108. The topological polar surface area (TPSA) is 17.1 Å². The average Bonchev–Trinajstić information content (AvgIpc) is 2.05. The van der Waals surface area contributed by atoms with Crippen molar-refractivity contribution in [3.63, 3.8) is 0 Å². The molecule has 1 aromatic rings. The van der Waals surface area contributed by atoms with Gasteiger partial charge in [-0.2, -0.15) is 0 Å². The van der Waals surface area contributed by atoms with Gasteiger partial charge in [0.1, 0.15) is 0 Å². The molecule has 0 bridgehead atoms. The lowest BCUT2D eigenvalue weighted by Gasteiger charge is -2.03. The van der Waals surface area contributed by atoms with E-state index in [1.807, 2.05) is 19.1 Å². The van der Waals surface area contributed by atoms with Crippen LogP contribution in [0.1, 0.15) is 28.4 Å². The Kier molecular flexibility index (Phi) is 2.88. The van der Waals surface area contributed by atoms with E-state index in [0.717, 1.165) is 6.42 Å². The highest BCUT2D eigenvalue weighted by molar-refractivity contribution is 6.67. The molecule has 0 spiro atoms. The molecule has 0 fully saturated rings. The molecule has 1 nitrogen and oxygen atoms in total. The third-order valence-electron chi connectivity index (χ3n) is 1.96. The Balaban J connectivity index is 3.13. The lowest BCUT2D eigenvalue weighted by atomic mass is 10.0. The van der Waals surface area contributed by atoms with Crippen LogP contribution in [0.5, 0.6) is 0 Å². The van der Waals surface area contributed by atoms with Crippen molar-refractivity contribution in [3.8, 4) is 0 Å². The fourth-order valence-corrected chi connectivity index (χ4v) is 1.29. The molecular formula is C10H11ClO. The molecule has 0 heterocycles. The SMILES string of the molecule is CCc1cc(C(=O)Cl)ccc1C. The number of carbonyl (C=O) groups excluding carboxylic acids is 1. The Morgan fingerprint density at radius 1 is 1.50 bits per heavy atom. The van der Waals surface area contributed by atoms with E-state index in [2.05, 4.69) is 6.92 Å². The van der Waals surface area contributed by atoms with E-state index in [-0.39, 0.29) is 5.24 Å². The molecule has 0 aliphatic heterocycles. The number of benzene rings is 1. The maximum Gasteiger partial charge on any atom is 0.252 e. The van der Waals surface area contributed by atoms with Gasteiger partial charge in [0.2, 0.25) is 0 Å². The fraction of sp³-hybridized carbons (Fsp3) is 0.300. The van der Waals surface area contributed by atoms with Crippen LogP contribution in [0.3, 0.4) is 0 Å². The van der Waals surface area contributed by atoms with Crippen LogP contribution in [0.25, 0.3) is 0 Å². The molecule has 0 unspecified atom stereocenters. The van der Waals surface area contributed by atoms with Gasteiger partial charge in [-0.25, -0.2) is 0 Å². The number of aryl methyl sites for hydroxylation is 2. The molecule has 0 aliphatic carbocycles. The zero-order valence-electron chi connectivity index (χ0n) is 7.23. The van der Waals surface area contributed by atoms with Crippen molar-refractivity contribution in [1.82, 2.24) is 0 Å². The summed E-state index contributed by atoms with van der Waals surface area (Å²) in [5.74, 6) is 0. The van der Waals surface area contributed by atoms with E-state index < -0.39 is 0 Å². The second-order valence-electron chi connectivity index (χ2n) is 2.77. The Labute approximate surface area is 77.4 Å². The maximum absolute atomic E-state index is 10.8. The monoisotopic (exact) mass is 182 g/mol. The quantitative estimate of drug-likeness (QED) is 0.643. The first-order chi connectivity index (χ1) is 5.65. The molecule has 1 rings (SSSR count). The van der Waals surface area contributed by atoms with Gasteiger partial charge >= 0.3 is 0 Å². The minimum atomic E-state index is -0.385. The number of rotatable bonds is 2.